The van der Waals surface area contributed by atoms with Gasteiger partial charge in [-0.25, -0.2) is 0 Å². The normalized spacial score (nSPS) is 36.5. The van der Waals surface area contributed by atoms with Crippen molar-refractivity contribution in [2.75, 3.05) is 0 Å². The van der Waals surface area contributed by atoms with E-state index in [-0.39, 0.29) is 31.8 Å². The molecule has 0 spiro atoms. The average molecular weight is 465 g/mol. The summed E-state index contributed by atoms with van der Waals surface area (Å²) in [6, 6.07) is 0. The van der Waals surface area contributed by atoms with E-state index >= 15 is 0 Å². The van der Waals surface area contributed by atoms with Crippen LogP contribution in [-0.2, 0) is 14.3 Å². The zero-order valence-corrected chi connectivity index (χ0v) is 18.9. The highest BCUT2D eigenvalue weighted by molar-refractivity contribution is 5.71. The molecular weight excluding hydrogens is 428 g/mol. The van der Waals surface area contributed by atoms with E-state index in [9.17, 15) is 35.1 Å². The Morgan fingerprint density at radius 3 is 2.12 bits per heavy atom. The van der Waals surface area contributed by atoms with E-state index in [2.05, 4.69) is 0 Å². The largest absolute Gasteiger partial charge is 0.481 e. The Balaban J connectivity index is 2.88. The third-order valence-electron chi connectivity index (χ3n) is 5.08. The molecular formula is C25H36O8. The van der Waals surface area contributed by atoms with Gasteiger partial charge in [0.2, 0.25) is 0 Å². The third-order valence-corrected chi connectivity index (χ3v) is 5.08. The molecule has 33 heavy (non-hydrogen) atoms. The molecule has 1 aliphatic rings. The summed E-state index contributed by atoms with van der Waals surface area (Å²) >= 11 is 0. The second-order valence-corrected chi connectivity index (χ2v) is 8.09. The summed E-state index contributed by atoms with van der Waals surface area (Å²) in [5.41, 5.74) is 0. The minimum absolute atomic E-state index is 0.0862. The fourth-order valence-electron chi connectivity index (χ4n) is 3.34. The molecule has 0 aromatic rings. The molecule has 0 unspecified atom stereocenters. The van der Waals surface area contributed by atoms with Gasteiger partial charge in [0, 0.05) is 25.7 Å². The summed E-state index contributed by atoms with van der Waals surface area (Å²) in [4.78, 5) is 23.5. The monoisotopic (exact) mass is 464 g/mol. The first-order valence-corrected chi connectivity index (χ1v) is 11.2. The van der Waals surface area contributed by atoms with E-state index in [4.69, 9.17) is 4.74 Å². The number of cyclic esters (lactones) is 1. The molecule has 0 aromatic heterocycles. The number of carbonyl (C=O) groups is 2. The van der Waals surface area contributed by atoms with Crippen molar-refractivity contribution >= 4 is 11.9 Å². The lowest BCUT2D eigenvalue weighted by atomic mass is 9.88. The molecule has 0 saturated carbocycles. The molecule has 0 radical (unpaired) electrons. The summed E-state index contributed by atoms with van der Waals surface area (Å²) in [6.07, 6.45) is 12.4. The van der Waals surface area contributed by atoms with Crippen LogP contribution in [0, 0.1) is 5.92 Å². The maximum atomic E-state index is 11.9. The molecule has 6 atom stereocenters. The highest BCUT2D eigenvalue weighted by atomic mass is 16.5. The number of carbonyl (C=O) groups excluding carboxylic acids is 1. The van der Waals surface area contributed by atoms with Gasteiger partial charge in [0.05, 0.1) is 24.4 Å². The third kappa shape index (κ3) is 12.9. The SMILES string of the molecule is C[C@@H]1C\C=C/C=C/C=C/C=C/C=C/[C@H](O)C[C@@H](O)[C@H](C(=O)O)[C@@H](O)C[C@@H](O)CCCC(=O)O1. The predicted molar refractivity (Wildman–Crippen MR) is 124 cm³/mol. The Hall–Kier alpha value is -2.52. The van der Waals surface area contributed by atoms with E-state index in [1.165, 1.54) is 6.08 Å². The van der Waals surface area contributed by atoms with Crippen molar-refractivity contribution in [3.8, 4) is 0 Å². The van der Waals surface area contributed by atoms with Gasteiger partial charge in [-0.05, 0) is 19.8 Å². The van der Waals surface area contributed by atoms with Crippen molar-refractivity contribution in [1.82, 2.24) is 0 Å². The average Bonchev–Trinajstić information content (AvgIpc) is 2.70. The Morgan fingerprint density at radius 2 is 1.48 bits per heavy atom. The molecule has 184 valence electrons. The molecule has 0 bridgehead atoms. The lowest BCUT2D eigenvalue weighted by Crippen LogP contribution is -2.41. The number of hydrogen-bond donors (Lipinski definition) is 5. The number of allylic oxidation sites excluding steroid dienone is 8. The maximum Gasteiger partial charge on any atom is 0.311 e. The van der Waals surface area contributed by atoms with Crippen LogP contribution < -0.4 is 0 Å². The molecule has 1 rings (SSSR count). The Labute approximate surface area is 194 Å². The molecule has 0 amide bonds. The van der Waals surface area contributed by atoms with E-state index in [1.807, 2.05) is 30.4 Å². The topological polar surface area (TPSA) is 145 Å². The fraction of sp³-hybridized carbons (Fsp3) is 0.520. The number of esters is 1. The minimum atomic E-state index is -1.57. The molecule has 0 aromatic carbocycles. The summed E-state index contributed by atoms with van der Waals surface area (Å²) in [6.45, 7) is 1.79. The fourth-order valence-corrected chi connectivity index (χ4v) is 3.34. The number of ether oxygens (including phenoxy) is 1. The Kier molecular flexibility index (Phi) is 14.0. The maximum absolute atomic E-state index is 11.9. The first kappa shape index (κ1) is 28.5. The summed E-state index contributed by atoms with van der Waals surface area (Å²) in [5.74, 6) is -3.40. The van der Waals surface area contributed by atoms with E-state index < -0.39 is 42.3 Å². The highest BCUT2D eigenvalue weighted by Crippen LogP contribution is 2.21. The molecule has 0 aliphatic carbocycles. The van der Waals surface area contributed by atoms with Crippen LogP contribution in [0.25, 0.3) is 0 Å². The van der Waals surface area contributed by atoms with Crippen LogP contribution in [-0.4, -0.2) is 68.0 Å². The van der Waals surface area contributed by atoms with Gasteiger partial charge in [0.1, 0.15) is 12.0 Å². The number of carboxylic acids is 1. The smallest absolute Gasteiger partial charge is 0.311 e. The van der Waals surface area contributed by atoms with Crippen LogP contribution in [0.15, 0.2) is 60.8 Å². The number of aliphatic carboxylic acids is 1. The summed E-state index contributed by atoms with van der Waals surface area (Å²) < 4.78 is 5.31. The number of aliphatic hydroxyl groups is 4. The van der Waals surface area contributed by atoms with Crippen molar-refractivity contribution < 1.29 is 39.9 Å². The van der Waals surface area contributed by atoms with Gasteiger partial charge in [-0.15, -0.1) is 0 Å². The molecule has 1 aliphatic heterocycles. The van der Waals surface area contributed by atoms with Gasteiger partial charge in [-0.3, -0.25) is 9.59 Å². The van der Waals surface area contributed by atoms with Crippen molar-refractivity contribution in [1.29, 1.82) is 0 Å². The van der Waals surface area contributed by atoms with E-state index in [1.54, 1.807) is 31.2 Å². The lowest BCUT2D eigenvalue weighted by Gasteiger charge is -2.26. The second kappa shape index (κ2) is 16.1. The van der Waals surface area contributed by atoms with Gasteiger partial charge in [-0.2, -0.15) is 0 Å². The van der Waals surface area contributed by atoms with Crippen molar-refractivity contribution in [3.05, 3.63) is 60.8 Å². The van der Waals surface area contributed by atoms with Crippen LogP contribution >= 0.6 is 0 Å². The van der Waals surface area contributed by atoms with Gasteiger partial charge in [0.15, 0.2) is 0 Å². The first-order valence-electron chi connectivity index (χ1n) is 11.2. The van der Waals surface area contributed by atoms with E-state index in [0.717, 1.165) is 0 Å². The van der Waals surface area contributed by atoms with E-state index in [0.29, 0.717) is 12.8 Å². The molecule has 0 fully saturated rings. The van der Waals surface area contributed by atoms with Crippen LogP contribution in [0.1, 0.15) is 45.4 Å². The van der Waals surface area contributed by atoms with Crippen LogP contribution in [0.2, 0.25) is 0 Å². The lowest BCUT2D eigenvalue weighted by molar-refractivity contribution is -0.153. The standard InChI is InChI=1S/C25H36O8/c1-18-12-9-7-5-3-2-4-6-8-10-13-19(26)16-21(28)24(25(31)32)22(29)17-20(27)14-11-15-23(30)33-18/h2-10,13,18-22,24,26-29H,11-12,14-17H2,1H3,(H,31,32)/b4-2+,5-3+,8-6+,9-7-,13-10+/t18-,19+,20+,21-,22+,24+/m1/s1. The zero-order valence-electron chi connectivity index (χ0n) is 18.9. The van der Waals surface area contributed by atoms with Crippen LogP contribution in [0.5, 0.6) is 0 Å². The van der Waals surface area contributed by atoms with Gasteiger partial charge >= 0.3 is 11.9 Å². The summed E-state index contributed by atoms with van der Waals surface area (Å²) in [7, 11) is 0. The number of hydrogen-bond acceptors (Lipinski definition) is 7. The molecule has 1 heterocycles. The van der Waals surface area contributed by atoms with Gasteiger partial charge in [0.25, 0.3) is 0 Å². The zero-order chi connectivity index (χ0) is 24.6. The molecule has 8 heteroatoms. The second-order valence-electron chi connectivity index (χ2n) is 8.09. The number of aliphatic hydroxyl groups excluding tert-OH is 4. The van der Waals surface area contributed by atoms with Crippen LogP contribution in [0.4, 0.5) is 0 Å². The quantitative estimate of drug-likeness (QED) is 0.372. The highest BCUT2D eigenvalue weighted by Gasteiger charge is 2.35. The minimum Gasteiger partial charge on any atom is -0.481 e. The number of rotatable bonds is 1. The Bertz CT molecular complexity index is 737. The number of carboxylic acid groups (broad SMARTS) is 1. The summed E-state index contributed by atoms with van der Waals surface area (Å²) in [5, 5.41) is 50.2. The van der Waals surface area contributed by atoms with Crippen molar-refractivity contribution in [2.45, 2.75) is 76.0 Å². The van der Waals surface area contributed by atoms with Gasteiger partial charge < -0.3 is 30.3 Å². The van der Waals surface area contributed by atoms with Crippen molar-refractivity contribution in [3.63, 3.8) is 0 Å². The predicted octanol–water partition coefficient (Wildman–Crippen LogP) is 2.20. The Morgan fingerprint density at radius 1 is 0.909 bits per heavy atom. The molecule has 0 saturated heterocycles. The molecule has 8 nitrogen and oxygen atoms in total. The van der Waals surface area contributed by atoms with Gasteiger partial charge in [-0.1, -0.05) is 60.8 Å². The van der Waals surface area contributed by atoms with Crippen LogP contribution in [0.3, 0.4) is 0 Å². The molecule has 5 N–H and O–H groups in total. The van der Waals surface area contributed by atoms with Crippen molar-refractivity contribution in [2.24, 2.45) is 5.92 Å². The first-order chi connectivity index (χ1) is 15.7.